The molecule has 2 aromatic rings. The maximum absolute atomic E-state index is 12.7. The van der Waals surface area contributed by atoms with Crippen LogP contribution < -0.4 is 4.74 Å². The normalized spacial score (nSPS) is 15.6. The standard InChI is InChI=1S/C20H18Cl2N2O3/c1-27-18-13-15(12-17(22)23-18)19(25)24-9-7-20(26,8-10-24)6-5-14-3-2-4-16(21)11-14/h2-4,11-13,26H,7-10H2,1H3. The Morgan fingerprint density at radius 1 is 1.26 bits per heavy atom. The summed E-state index contributed by atoms with van der Waals surface area (Å²) in [7, 11) is 1.46. The van der Waals surface area contributed by atoms with E-state index >= 15 is 0 Å². The third-order valence-corrected chi connectivity index (χ3v) is 4.80. The van der Waals surface area contributed by atoms with Crippen molar-refractivity contribution < 1.29 is 14.6 Å². The van der Waals surface area contributed by atoms with Crippen LogP contribution in [0.4, 0.5) is 0 Å². The first-order valence-corrected chi connectivity index (χ1v) is 9.16. The first-order valence-electron chi connectivity index (χ1n) is 8.40. The van der Waals surface area contributed by atoms with E-state index in [-0.39, 0.29) is 16.9 Å². The Morgan fingerprint density at radius 2 is 2.00 bits per heavy atom. The average molecular weight is 405 g/mol. The van der Waals surface area contributed by atoms with Crippen LogP contribution in [0, 0.1) is 11.8 Å². The molecular formula is C20H18Cl2N2O3. The van der Waals surface area contributed by atoms with Crippen LogP contribution in [0.25, 0.3) is 0 Å². The van der Waals surface area contributed by atoms with Crippen molar-refractivity contribution in [1.82, 2.24) is 9.88 Å². The third-order valence-electron chi connectivity index (χ3n) is 4.37. The number of nitrogens with zero attached hydrogens (tertiary/aromatic N) is 2. The zero-order valence-corrected chi connectivity index (χ0v) is 16.2. The van der Waals surface area contributed by atoms with E-state index in [9.17, 15) is 9.90 Å². The largest absolute Gasteiger partial charge is 0.481 e. The second kappa shape index (κ2) is 8.18. The molecule has 0 radical (unpaired) electrons. The number of halogens is 2. The molecule has 1 aromatic heterocycles. The maximum atomic E-state index is 12.7. The van der Waals surface area contributed by atoms with Gasteiger partial charge in [0.25, 0.3) is 5.91 Å². The number of likely N-dealkylation sites (tertiary alicyclic amines) is 1. The number of aromatic nitrogens is 1. The predicted molar refractivity (Wildman–Crippen MR) is 104 cm³/mol. The summed E-state index contributed by atoms with van der Waals surface area (Å²) >= 11 is 11.9. The van der Waals surface area contributed by atoms with Gasteiger partial charge in [-0.05, 0) is 24.3 Å². The molecule has 1 aliphatic rings. The summed E-state index contributed by atoms with van der Waals surface area (Å²) in [5, 5.41) is 11.5. The molecule has 27 heavy (non-hydrogen) atoms. The molecule has 1 saturated heterocycles. The van der Waals surface area contributed by atoms with E-state index in [1.54, 1.807) is 23.1 Å². The summed E-state index contributed by atoms with van der Waals surface area (Å²) in [6.07, 6.45) is 0.727. The fourth-order valence-corrected chi connectivity index (χ4v) is 3.23. The first-order chi connectivity index (χ1) is 12.9. The van der Waals surface area contributed by atoms with Crippen LogP contribution in [0.5, 0.6) is 5.88 Å². The Kier molecular flexibility index (Phi) is 5.91. The number of piperidine rings is 1. The lowest BCUT2D eigenvalue weighted by molar-refractivity contribution is 0.0248. The molecule has 1 N–H and O–H groups in total. The molecule has 1 fully saturated rings. The van der Waals surface area contributed by atoms with Gasteiger partial charge in [-0.3, -0.25) is 4.79 Å². The highest BCUT2D eigenvalue weighted by molar-refractivity contribution is 6.30. The quantitative estimate of drug-likeness (QED) is 0.615. The molecule has 3 rings (SSSR count). The fourth-order valence-electron chi connectivity index (χ4n) is 2.84. The van der Waals surface area contributed by atoms with E-state index in [1.807, 2.05) is 12.1 Å². The number of carbonyl (C=O) groups is 1. The molecule has 0 atom stereocenters. The minimum atomic E-state index is -1.13. The third kappa shape index (κ3) is 4.92. The first kappa shape index (κ1) is 19.5. The van der Waals surface area contributed by atoms with Gasteiger partial charge >= 0.3 is 0 Å². The number of hydrogen-bond acceptors (Lipinski definition) is 4. The van der Waals surface area contributed by atoms with Gasteiger partial charge in [0.1, 0.15) is 10.8 Å². The van der Waals surface area contributed by atoms with E-state index in [2.05, 4.69) is 16.8 Å². The van der Waals surface area contributed by atoms with Crippen LogP contribution in [0.1, 0.15) is 28.8 Å². The van der Waals surface area contributed by atoms with Gasteiger partial charge in [0.15, 0.2) is 0 Å². The maximum Gasteiger partial charge on any atom is 0.254 e. The van der Waals surface area contributed by atoms with Gasteiger partial charge in [0.05, 0.1) is 7.11 Å². The lowest BCUT2D eigenvalue weighted by Gasteiger charge is -2.35. The molecule has 0 unspecified atom stereocenters. The van der Waals surface area contributed by atoms with Crippen LogP contribution in [0.15, 0.2) is 36.4 Å². The number of hydrogen-bond donors (Lipinski definition) is 1. The molecule has 0 spiro atoms. The van der Waals surface area contributed by atoms with Gasteiger partial charge in [0.2, 0.25) is 5.88 Å². The molecule has 5 nitrogen and oxygen atoms in total. The molecule has 1 aromatic carbocycles. The van der Waals surface area contributed by atoms with E-state index in [4.69, 9.17) is 27.9 Å². The Labute approximate surface area is 167 Å². The highest BCUT2D eigenvalue weighted by Crippen LogP contribution is 2.24. The van der Waals surface area contributed by atoms with Crippen molar-refractivity contribution in [3.63, 3.8) is 0 Å². The van der Waals surface area contributed by atoms with Crippen molar-refractivity contribution in [2.75, 3.05) is 20.2 Å². The molecule has 2 heterocycles. The smallest absolute Gasteiger partial charge is 0.254 e. The summed E-state index contributed by atoms with van der Waals surface area (Å²) in [4.78, 5) is 18.3. The Balaban J connectivity index is 1.68. The number of rotatable bonds is 2. The highest BCUT2D eigenvalue weighted by Gasteiger charge is 2.33. The van der Waals surface area contributed by atoms with Gasteiger partial charge in [-0.1, -0.05) is 41.1 Å². The summed E-state index contributed by atoms with van der Waals surface area (Å²) in [5.41, 5.74) is 0.0161. The summed E-state index contributed by atoms with van der Waals surface area (Å²) in [6, 6.07) is 10.2. The number of benzene rings is 1. The van der Waals surface area contributed by atoms with Crippen molar-refractivity contribution >= 4 is 29.1 Å². The van der Waals surface area contributed by atoms with E-state index < -0.39 is 5.60 Å². The lowest BCUT2D eigenvalue weighted by atomic mass is 9.91. The van der Waals surface area contributed by atoms with E-state index in [0.717, 1.165) is 5.56 Å². The Hall–Kier alpha value is -2.26. The van der Waals surface area contributed by atoms with Crippen LogP contribution in [-0.2, 0) is 0 Å². The molecule has 0 saturated carbocycles. The van der Waals surface area contributed by atoms with Crippen molar-refractivity contribution in [2.45, 2.75) is 18.4 Å². The van der Waals surface area contributed by atoms with Crippen molar-refractivity contribution in [3.05, 3.63) is 57.7 Å². The second-order valence-corrected chi connectivity index (χ2v) is 7.13. The number of methoxy groups -OCH3 is 1. The molecular weight excluding hydrogens is 387 g/mol. The van der Waals surface area contributed by atoms with Gasteiger partial charge in [-0.2, -0.15) is 0 Å². The zero-order chi connectivity index (χ0) is 19.4. The number of aliphatic hydroxyl groups is 1. The van der Waals surface area contributed by atoms with Crippen LogP contribution in [0.2, 0.25) is 10.2 Å². The number of ether oxygens (including phenoxy) is 1. The lowest BCUT2D eigenvalue weighted by Crippen LogP contribution is -2.46. The molecule has 1 amide bonds. The zero-order valence-electron chi connectivity index (χ0n) is 14.7. The Bertz CT molecular complexity index is 913. The van der Waals surface area contributed by atoms with Crippen molar-refractivity contribution in [3.8, 4) is 17.7 Å². The SMILES string of the molecule is COc1cc(C(=O)N2CCC(O)(C#Cc3cccc(Cl)c3)CC2)cc(Cl)n1. The van der Waals surface area contributed by atoms with Gasteiger partial charge in [0, 0.05) is 48.1 Å². The van der Waals surface area contributed by atoms with Crippen molar-refractivity contribution in [2.24, 2.45) is 0 Å². The Morgan fingerprint density at radius 3 is 2.67 bits per heavy atom. The number of pyridine rings is 1. The van der Waals surface area contributed by atoms with Gasteiger partial charge in [-0.15, -0.1) is 0 Å². The monoisotopic (exact) mass is 404 g/mol. The minimum Gasteiger partial charge on any atom is -0.481 e. The number of amides is 1. The van der Waals surface area contributed by atoms with Gasteiger partial charge in [-0.25, -0.2) is 4.98 Å². The van der Waals surface area contributed by atoms with Crippen LogP contribution >= 0.6 is 23.2 Å². The minimum absolute atomic E-state index is 0.178. The van der Waals surface area contributed by atoms with E-state index in [1.165, 1.54) is 13.2 Å². The summed E-state index contributed by atoms with van der Waals surface area (Å²) in [5.74, 6) is 6.00. The van der Waals surface area contributed by atoms with Crippen LogP contribution in [-0.4, -0.2) is 46.7 Å². The summed E-state index contributed by atoms with van der Waals surface area (Å²) in [6.45, 7) is 0.781. The fraction of sp³-hybridized carbons (Fsp3) is 0.300. The molecule has 7 heteroatoms. The van der Waals surface area contributed by atoms with Crippen molar-refractivity contribution in [1.29, 1.82) is 0 Å². The molecule has 1 aliphatic heterocycles. The average Bonchev–Trinajstić information content (AvgIpc) is 2.66. The van der Waals surface area contributed by atoms with E-state index in [0.29, 0.717) is 36.5 Å². The second-order valence-electron chi connectivity index (χ2n) is 6.31. The van der Waals surface area contributed by atoms with Gasteiger partial charge < -0.3 is 14.7 Å². The predicted octanol–water partition coefficient (Wildman–Crippen LogP) is 3.42. The molecule has 0 aliphatic carbocycles. The molecule has 0 bridgehead atoms. The summed E-state index contributed by atoms with van der Waals surface area (Å²) < 4.78 is 5.05. The molecule has 140 valence electrons. The van der Waals surface area contributed by atoms with Crippen LogP contribution in [0.3, 0.4) is 0 Å². The number of carbonyl (C=O) groups excluding carboxylic acids is 1. The highest BCUT2D eigenvalue weighted by atomic mass is 35.5. The topological polar surface area (TPSA) is 62.7 Å².